The SMILES string of the molecule is CC1C(=O)Nc2ccccc2C1O. The Morgan fingerprint density at radius 1 is 1.38 bits per heavy atom. The van der Waals surface area contributed by atoms with Crippen LogP contribution >= 0.6 is 0 Å². The summed E-state index contributed by atoms with van der Waals surface area (Å²) in [6.07, 6.45) is -0.676. The molecule has 1 heterocycles. The van der Waals surface area contributed by atoms with Gasteiger partial charge < -0.3 is 10.4 Å². The molecule has 0 spiro atoms. The molecule has 3 nitrogen and oxygen atoms in total. The summed E-state index contributed by atoms with van der Waals surface area (Å²) in [5.41, 5.74) is 1.52. The maximum absolute atomic E-state index is 11.3. The second-order valence-electron chi connectivity index (χ2n) is 3.31. The monoisotopic (exact) mass is 177 g/mol. The highest BCUT2D eigenvalue weighted by Gasteiger charge is 2.30. The normalized spacial score (nSPS) is 26.5. The number of anilines is 1. The maximum atomic E-state index is 11.3. The van der Waals surface area contributed by atoms with Gasteiger partial charge in [-0.15, -0.1) is 0 Å². The Balaban J connectivity index is 2.49. The predicted octanol–water partition coefficient (Wildman–Crippen LogP) is 1.31. The van der Waals surface area contributed by atoms with Crippen LogP contribution in [0.3, 0.4) is 0 Å². The molecular formula is C10H11NO2. The molecule has 1 aromatic carbocycles. The molecule has 0 bridgehead atoms. The molecular weight excluding hydrogens is 166 g/mol. The fraction of sp³-hybridized carbons (Fsp3) is 0.300. The summed E-state index contributed by atoms with van der Waals surface area (Å²) in [5.74, 6) is -0.485. The van der Waals surface area contributed by atoms with Crippen molar-refractivity contribution in [1.29, 1.82) is 0 Å². The third-order valence-electron chi connectivity index (χ3n) is 2.42. The van der Waals surface area contributed by atoms with Crippen LogP contribution in [0.15, 0.2) is 24.3 Å². The van der Waals surface area contributed by atoms with Crippen molar-refractivity contribution in [2.45, 2.75) is 13.0 Å². The third kappa shape index (κ3) is 1.21. The van der Waals surface area contributed by atoms with Gasteiger partial charge in [0.2, 0.25) is 5.91 Å². The second kappa shape index (κ2) is 2.85. The largest absolute Gasteiger partial charge is 0.388 e. The number of hydrogen-bond acceptors (Lipinski definition) is 2. The molecule has 0 aromatic heterocycles. The highest BCUT2D eigenvalue weighted by atomic mass is 16.3. The van der Waals surface area contributed by atoms with Crippen LogP contribution in [0, 0.1) is 5.92 Å². The molecule has 2 N–H and O–H groups in total. The molecule has 1 aromatic rings. The van der Waals surface area contributed by atoms with Crippen LogP contribution in [0.4, 0.5) is 5.69 Å². The summed E-state index contributed by atoms with van der Waals surface area (Å²) in [6.45, 7) is 1.72. The Bertz CT molecular complexity index is 349. The molecule has 0 saturated carbocycles. The summed E-state index contributed by atoms with van der Waals surface area (Å²) in [4.78, 5) is 11.3. The topological polar surface area (TPSA) is 49.3 Å². The van der Waals surface area contributed by atoms with E-state index in [0.717, 1.165) is 11.3 Å². The Morgan fingerprint density at radius 3 is 2.85 bits per heavy atom. The quantitative estimate of drug-likeness (QED) is 0.627. The number of para-hydroxylation sites is 1. The van der Waals surface area contributed by atoms with Gasteiger partial charge in [0.15, 0.2) is 0 Å². The smallest absolute Gasteiger partial charge is 0.230 e. The number of rotatable bonds is 0. The van der Waals surface area contributed by atoms with E-state index in [-0.39, 0.29) is 11.8 Å². The molecule has 1 amide bonds. The predicted molar refractivity (Wildman–Crippen MR) is 49.2 cm³/mol. The number of amides is 1. The first kappa shape index (κ1) is 8.26. The van der Waals surface area contributed by atoms with Crippen molar-refractivity contribution in [2.24, 2.45) is 5.92 Å². The van der Waals surface area contributed by atoms with Crippen molar-refractivity contribution in [3.05, 3.63) is 29.8 Å². The summed E-state index contributed by atoms with van der Waals surface area (Å²) in [6, 6.07) is 7.31. The highest BCUT2D eigenvalue weighted by Crippen LogP contribution is 2.33. The molecule has 1 aliphatic heterocycles. The highest BCUT2D eigenvalue weighted by molar-refractivity contribution is 5.96. The van der Waals surface area contributed by atoms with Gasteiger partial charge >= 0.3 is 0 Å². The van der Waals surface area contributed by atoms with Crippen molar-refractivity contribution >= 4 is 11.6 Å². The van der Waals surface area contributed by atoms with Crippen LogP contribution in [0.1, 0.15) is 18.6 Å². The Morgan fingerprint density at radius 2 is 2.08 bits per heavy atom. The van der Waals surface area contributed by atoms with E-state index >= 15 is 0 Å². The average Bonchev–Trinajstić information content (AvgIpc) is 2.15. The molecule has 2 unspecified atom stereocenters. The number of aliphatic hydroxyl groups excluding tert-OH is 1. The van der Waals surface area contributed by atoms with Crippen LogP contribution in [0.2, 0.25) is 0 Å². The van der Waals surface area contributed by atoms with E-state index < -0.39 is 6.10 Å². The summed E-state index contributed by atoms with van der Waals surface area (Å²) in [5, 5.41) is 12.5. The average molecular weight is 177 g/mol. The summed E-state index contributed by atoms with van der Waals surface area (Å²) in [7, 11) is 0. The lowest BCUT2D eigenvalue weighted by atomic mass is 9.92. The van der Waals surface area contributed by atoms with Gasteiger partial charge in [-0.05, 0) is 6.07 Å². The van der Waals surface area contributed by atoms with E-state index in [1.807, 2.05) is 18.2 Å². The van der Waals surface area contributed by atoms with E-state index in [4.69, 9.17) is 0 Å². The summed E-state index contributed by atoms with van der Waals surface area (Å²) < 4.78 is 0. The van der Waals surface area contributed by atoms with E-state index in [1.165, 1.54) is 0 Å². The number of nitrogens with one attached hydrogen (secondary N) is 1. The van der Waals surface area contributed by atoms with Crippen LogP contribution in [0.25, 0.3) is 0 Å². The van der Waals surface area contributed by atoms with E-state index in [9.17, 15) is 9.90 Å². The lowest BCUT2D eigenvalue weighted by Gasteiger charge is -2.26. The van der Waals surface area contributed by atoms with Crippen molar-refractivity contribution < 1.29 is 9.90 Å². The van der Waals surface area contributed by atoms with Gasteiger partial charge in [0.1, 0.15) is 0 Å². The number of fused-ring (bicyclic) bond motifs is 1. The molecule has 2 atom stereocenters. The molecule has 0 radical (unpaired) electrons. The van der Waals surface area contributed by atoms with Crippen LogP contribution in [-0.2, 0) is 4.79 Å². The molecule has 1 aliphatic rings. The Hall–Kier alpha value is -1.35. The van der Waals surface area contributed by atoms with Crippen molar-refractivity contribution in [3.63, 3.8) is 0 Å². The summed E-state index contributed by atoms with van der Waals surface area (Å²) >= 11 is 0. The lowest BCUT2D eigenvalue weighted by molar-refractivity contribution is -0.123. The number of benzene rings is 1. The molecule has 0 saturated heterocycles. The molecule has 2 rings (SSSR count). The first-order valence-corrected chi connectivity index (χ1v) is 4.28. The number of carbonyl (C=O) groups excluding carboxylic acids is 1. The Labute approximate surface area is 76.4 Å². The molecule has 0 fully saturated rings. The Kier molecular flexibility index (Phi) is 1.81. The van der Waals surface area contributed by atoms with Gasteiger partial charge in [0.05, 0.1) is 12.0 Å². The van der Waals surface area contributed by atoms with Crippen LogP contribution in [0.5, 0.6) is 0 Å². The van der Waals surface area contributed by atoms with Gasteiger partial charge in [-0.25, -0.2) is 0 Å². The van der Waals surface area contributed by atoms with Crippen LogP contribution < -0.4 is 5.32 Å². The maximum Gasteiger partial charge on any atom is 0.230 e. The third-order valence-corrected chi connectivity index (χ3v) is 2.42. The molecule has 13 heavy (non-hydrogen) atoms. The van der Waals surface area contributed by atoms with Crippen molar-refractivity contribution in [1.82, 2.24) is 0 Å². The zero-order valence-electron chi connectivity index (χ0n) is 7.32. The minimum atomic E-state index is -0.676. The number of hydrogen-bond donors (Lipinski definition) is 2. The van der Waals surface area contributed by atoms with Gasteiger partial charge in [-0.2, -0.15) is 0 Å². The minimum absolute atomic E-state index is 0.119. The zero-order chi connectivity index (χ0) is 9.42. The fourth-order valence-corrected chi connectivity index (χ4v) is 1.53. The fourth-order valence-electron chi connectivity index (χ4n) is 1.53. The number of carbonyl (C=O) groups is 1. The zero-order valence-corrected chi connectivity index (χ0v) is 7.32. The van der Waals surface area contributed by atoms with Crippen LogP contribution in [-0.4, -0.2) is 11.0 Å². The molecule has 3 heteroatoms. The van der Waals surface area contributed by atoms with Gasteiger partial charge in [-0.1, -0.05) is 25.1 Å². The van der Waals surface area contributed by atoms with Gasteiger partial charge in [0.25, 0.3) is 0 Å². The standard InChI is InChI=1S/C10H11NO2/c1-6-9(12)7-4-2-3-5-8(7)11-10(6)13/h2-6,9,12H,1H3,(H,11,13). The van der Waals surface area contributed by atoms with Gasteiger partial charge in [-0.3, -0.25) is 4.79 Å². The first-order valence-electron chi connectivity index (χ1n) is 4.28. The first-order chi connectivity index (χ1) is 6.20. The van der Waals surface area contributed by atoms with E-state index in [0.29, 0.717) is 0 Å². The molecule has 68 valence electrons. The van der Waals surface area contributed by atoms with Gasteiger partial charge in [0, 0.05) is 11.3 Å². The minimum Gasteiger partial charge on any atom is -0.388 e. The number of aliphatic hydroxyl groups is 1. The van der Waals surface area contributed by atoms with E-state index in [1.54, 1.807) is 13.0 Å². The van der Waals surface area contributed by atoms with E-state index in [2.05, 4.69) is 5.32 Å². The molecule has 0 aliphatic carbocycles. The van der Waals surface area contributed by atoms with Crippen molar-refractivity contribution in [2.75, 3.05) is 5.32 Å². The lowest BCUT2D eigenvalue weighted by Crippen LogP contribution is -2.31. The van der Waals surface area contributed by atoms with Crippen molar-refractivity contribution in [3.8, 4) is 0 Å². The second-order valence-corrected chi connectivity index (χ2v) is 3.31.